The number of carboxylic acid groups (broad SMARTS) is 1. The molecule has 4 heteroatoms. The van der Waals surface area contributed by atoms with Gasteiger partial charge >= 0.3 is 5.97 Å². The number of benzene rings is 1. The second-order valence-corrected chi connectivity index (χ2v) is 7.67. The smallest absolute Gasteiger partial charge is 0.336 e. The van der Waals surface area contributed by atoms with Crippen LogP contribution in [0.15, 0.2) is 64.1 Å². The number of aromatic carboxylic acids is 1. The zero-order chi connectivity index (χ0) is 19.5. The Bertz CT molecular complexity index is 723. The summed E-state index contributed by atoms with van der Waals surface area (Å²) < 4.78 is 0. The molecule has 1 aromatic carbocycles. The lowest BCUT2D eigenvalue weighted by Crippen LogP contribution is -1.99. The monoisotopic (exact) mass is 372 g/mol. The topological polar surface area (TPSA) is 54.4 Å². The van der Waals surface area contributed by atoms with E-state index in [-0.39, 0.29) is 10.7 Å². The van der Waals surface area contributed by atoms with Gasteiger partial charge < -0.3 is 5.11 Å². The van der Waals surface area contributed by atoms with Gasteiger partial charge in [0.15, 0.2) is 0 Å². The van der Waals surface area contributed by atoms with Gasteiger partial charge in [0, 0.05) is 4.90 Å². The molecule has 0 bridgehead atoms. The van der Waals surface area contributed by atoms with Gasteiger partial charge in [0.1, 0.15) is 0 Å². The molecule has 1 rings (SSSR count). The molecule has 0 saturated heterocycles. The molecule has 0 fully saturated rings. The first-order valence-electron chi connectivity index (χ1n) is 8.80. The van der Waals surface area contributed by atoms with E-state index in [9.17, 15) is 14.7 Å². The van der Waals surface area contributed by atoms with Crippen LogP contribution in [-0.2, 0) is 4.79 Å². The van der Waals surface area contributed by atoms with Crippen molar-refractivity contribution >= 4 is 22.8 Å². The number of hydrogen-bond donors (Lipinski definition) is 1. The van der Waals surface area contributed by atoms with Gasteiger partial charge in [-0.3, -0.25) is 4.79 Å². The highest BCUT2D eigenvalue weighted by Crippen LogP contribution is 2.24. The van der Waals surface area contributed by atoms with E-state index in [0.29, 0.717) is 4.90 Å². The van der Waals surface area contributed by atoms with E-state index in [2.05, 4.69) is 32.9 Å². The molecule has 26 heavy (non-hydrogen) atoms. The lowest BCUT2D eigenvalue weighted by atomic mass is 10.1. The molecular weight excluding hydrogens is 344 g/mol. The third-order valence-corrected chi connectivity index (χ3v) is 4.71. The molecule has 0 atom stereocenters. The molecule has 0 unspecified atom stereocenters. The SMILES string of the molecule is CC(C)=CCC/C(C)=C/CC/C(C)=C/C(=O)Sc1ccccc1C(=O)O. The Labute approximate surface area is 160 Å². The third-order valence-electron chi connectivity index (χ3n) is 3.82. The van der Waals surface area contributed by atoms with Crippen LogP contribution in [0.3, 0.4) is 0 Å². The number of rotatable bonds is 9. The van der Waals surface area contributed by atoms with Gasteiger partial charge in [-0.25, -0.2) is 4.79 Å². The normalized spacial score (nSPS) is 12.0. The van der Waals surface area contributed by atoms with Crippen molar-refractivity contribution in [3.63, 3.8) is 0 Å². The molecule has 0 aliphatic heterocycles. The van der Waals surface area contributed by atoms with Gasteiger partial charge in [0.05, 0.1) is 5.56 Å². The van der Waals surface area contributed by atoms with Crippen LogP contribution in [0.4, 0.5) is 0 Å². The Morgan fingerprint density at radius 2 is 1.58 bits per heavy atom. The van der Waals surface area contributed by atoms with E-state index in [1.807, 2.05) is 6.92 Å². The molecule has 0 radical (unpaired) electrons. The van der Waals surface area contributed by atoms with Crippen LogP contribution >= 0.6 is 11.8 Å². The molecule has 0 aromatic heterocycles. The summed E-state index contributed by atoms with van der Waals surface area (Å²) in [4.78, 5) is 23.8. The van der Waals surface area contributed by atoms with E-state index in [4.69, 9.17) is 0 Å². The molecule has 0 heterocycles. The van der Waals surface area contributed by atoms with Crippen molar-refractivity contribution in [3.8, 4) is 0 Å². The molecule has 0 aliphatic rings. The molecule has 3 nitrogen and oxygen atoms in total. The minimum atomic E-state index is -1.02. The number of hydrogen-bond acceptors (Lipinski definition) is 3. The molecule has 0 aliphatic carbocycles. The van der Waals surface area contributed by atoms with Crippen LogP contribution in [0, 0.1) is 0 Å². The number of carboxylic acids is 1. The quantitative estimate of drug-likeness (QED) is 0.308. The lowest BCUT2D eigenvalue weighted by Gasteiger charge is -2.04. The van der Waals surface area contributed by atoms with Gasteiger partial charge in [-0.1, -0.05) is 41.0 Å². The number of carbonyl (C=O) groups excluding carboxylic acids is 1. The van der Waals surface area contributed by atoms with E-state index < -0.39 is 5.97 Å². The summed E-state index contributed by atoms with van der Waals surface area (Å²) in [7, 11) is 0. The van der Waals surface area contributed by atoms with Crippen molar-refractivity contribution in [3.05, 3.63) is 64.8 Å². The average molecular weight is 373 g/mol. The van der Waals surface area contributed by atoms with Crippen LogP contribution in [-0.4, -0.2) is 16.2 Å². The van der Waals surface area contributed by atoms with Crippen LogP contribution in [0.5, 0.6) is 0 Å². The second kappa shape index (κ2) is 11.5. The zero-order valence-corrected chi connectivity index (χ0v) is 16.9. The third kappa shape index (κ3) is 8.86. The first-order valence-corrected chi connectivity index (χ1v) is 9.61. The van der Waals surface area contributed by atoms with E-state index >= 15 is 0 Å². The predicted octanol–water partition coefficient (Wildman–Crippen LogP) is 6.42. The fraction of sp³-hybridized carbons (Fsp3) is 0.364. The van der Waals surface area contributed by atoms with Crippen molar-refractivity contribution in [2.75, 3.05) is 0 Å². The second-order valence-electron chi connectivity index (χ2n) is 6.62. The van der Waals surface area contributed by atoms with Crippen LogP contribution in [0.25, 0.3) is 0 Å². The Morgan fingerprint density at radius 1 is 0.962 bits per heavy atom. The number of allylic oxidation sites excluding steroid dienone is 5. The Balaban J connectivity index is 2.53. The molecule has 140 valence electrons. The summed E-state index contributed by atoms with van der Waals surface area (Å²) >= 11 is 0.962. The van der Waals surface area contributed by atoms with Crippen molar-refractivity contribution < 1.29 is 14.7 Å². The highest BCUT2D eigenvalue weighted by Gasteiger charge is 2.12. The fourth-order valence-electron chi connectivity index (χ4n) is 2.38. The highest BCUT2D eigenvalue weighted by atomic mass is 32.2. The molecule has 0 spiro atoms. The molecule has 1 aromatic rings. The van der Waals surface area contributed by atoms with Gasteiger partial charge in [0.2, 0.25) is 5.12 Å². The van der Waals surface area contributed by atoms with Gasteiger partial charge in [-0.05, 0) is 83.3 Å². The molecule has 1 N–H and O–H groups in total. The molecule has 0 saturated carbocycles. The van der Waals surface area contributed by atoms with E-state index in [0.717, 1.165) is 43.0 Å². The zero-order valence-electron chi connectivity index (χ0n) is 16.0. The van der Waals surface area contributed by atoms with E-state index in [1.54, 1.807) is 24.3 Å². The van der Waals surface area contributed by atoms with Gasteiger partial charge in [-0.15, -0.1) is 0 Å². The maximum Gasteiger partial charge on any atom is 0.336 e. The molecule has 0 amide bonds. The predicted molar refractivity (Wildman–Crippen MR) is 110 cm³/mol. The first-order chi connectivity index (χ1) is 12.3. The van der Waals surface area contributed by atoms with Gasteiger partial charge in [0.25, 0.3) is 0 Å². The van der Waals surface area contributed by atoms with Crippen molar-refractivity contribution in [2.45, 2.75) is 58.3 Å². The Hall–Kier alpha value is -2.07. The average Bonchev–Trinajstić information content (AvgIpc) is 2.54. The number of thioether (sulfide) groups is 1. The summed E-state index contributed by atoms with van der Waals surface area (Å²) in [5, 5.41) is 9.03. The van der Waals surface area contributed by atoms with Crippen molar-refractivity contribution in [1.82, 2.24) is 0 Å². The van der Waals surface area contributed by atoms with E-state index in [1.165, 1.54) is 17.2 Å². The summed E-state index contributed by atoms with van der Waals surface area (Å²) in [6, 6.07) is 6.57. The fourth-order valence-corrected chi connectivity index (χ4v) is 3.27. The highest BCUT2D eigenvalue weighted by molar-refractivity contribution is 8.14. The minimum Gasteiger partial charge on any atom is -0.478 e. The van der Waals surface area contributed by atoms with Crippen LogP contribution in [0.2, 0.25) is 0 Å². The van der Waals surface area contributed by atoms with Crippen LogP contribution < -0.4 is 0 Å². The summed E-state index contributed by atoms with van der Waals surface area (Å²) in [6.45, 7) is 8.30. The summed E-state index contributed by atoms with van der Waals surface area (Å²) in [5.74, 6) is -1.02. The van der Waals surface area contributed by atoms with Crippen LogP contribution in [0.1, 0.15) is 63.7 Å². The number of carbonyl (C=O) groups is 2. The Kier molecular flexibility index (Phi) is 9.74. The maximum atomic E-state index is 12.2. The lowest BCUT2D eigenvalue weighted by molar-refractivity contribution is -0.107. The van der Waals surface area contributed by atoms with Gasteiger partial charge in [-0.2, -0.15) is 0 Å². The standard InChI is InChI=1S/C22H28O3S/c1-16(2)9-7-10-17(3)11-8-12-18(4)15-21(23)26-20-14-6-5-13-19(20)22(24)25/h5-6,9,11,13-15H,7-8,10,12H2,1-4H3,(H,24,25)/b17-11+,18-15+. The minimum absolute atomic E-state index is 0.138. The van der Waals surface area contributed by atoms with Crippen molar-refractivity contribution in [2.24, 2.45) is 0 Å². The summed E-state index contributed by atoms with van der Waals surface area (Å²) in [6.07, 6.45) is 9.95. The first kappa shape index (κ1) is 22.0. The van der Waals surface area contributed by atoms with Crippen molar-refractivity contribution in [1.29, 1.82) is 0 Å². The summed E-state index contributed by atoms with van der Waals surface area (Å²) in [5.41, 5.74) is 3.87. The molecular formula is C22H28O3S. The largest absolute Gasteiger partial charge is 0.478 e. The maximum absolute atomic E-state index is 12.2. The Morgan fingerprint density at radius 3 is 2.23 bits per heavy atom.